The van der Waals surface area contributed by atoms with Gasteiger partial charge in [0.2, 0.25) is 0 Å². The highest BCUT2D eigenvalue weighted by Crippen LogP contribution is 1.97. The van der Waals surface area contributed by atoms with Crippen LogP contribution in [0.5, 0.6) is 0 Å². The molecule has 3 heteroatoms. The smallest absolute Gasteiger partial charge is 0.146 e. The minimum absolute atomic E-state index is 0.0301. The Hall–Kier alpha value is -0.410. The molecular weight excluding hydrogens is 132 g/mol. The van der Waals surface area contributed by atoms with Gasteiger partial charge in [-0.25, -0.2) is 0 Å². The maximum atomic E-state index is 10.5. The van der Waals surface area contributed by atoms with Gasteiger partial charge in [0.25, 0.3) is 0 Å². The van der Waals surface area contributed by atoms with E-state index >= 15 is 0 Å². The molecule has 0 aliphatic carbocycles. The van der Waals surface area contributed by atoms with Crippen molar-refractivity contribution in [3.63, 3.8) is 0 Å². The van der Waals surface area contributed by atoms with Crippen molar-refractivity contribution in [2.75, 3.05) is 13.9 Å². The summed E-state index contributed by atoms with van der Waals surface area (Å²) in [5, 5.41) is 0. The van der Waals surface area contributed by atoms with Gasteiger partial charge in [0, 0.05) is 13.5 Å². The molecule has 0 bridgehead atoms. The van der Waals surface area contributed by atoms with Gasteiger partial charge in [-0.05, 0) is 13.8 Å². The van der Waals surface area contributed by atoms with E-state index < -0.39 is 0 Å². The highest BCUT2D eigenvalue weighted by molar-refractivity contribution is 5.75. The summed E-state index contributed by atoms with van der Waals surface area (Å²) in [5.41, 5.74) is 0. The maximum Gasteiger partial charge on any atom is 0.146 e. The molecule has 0 radical (unpaired) electrons. The van der Waals surface area contributed by atoms with E-state index in [4.69, 9.17) is 4.74 Å². The van der Waals surface area contributed by atoms with Crippen LogP contribution in [0.4, 0.5) is 0 Å². The van der Waals surface area contributed by atoms with Gasteiger partial charge in [0.1, 0.15) is 12.6 Å². The second-order valence-corrected chi connectivity index (χ2v) is 2.29. The largest absolute Gasteiger partial charge is 0.359 e. The number of rotatable bonds is 5. The topological polar surface area (TPSA) is 35.5 Å². The minimum atomic E-state index is -0.0301. The average Bonchev–Trinajstić information content (AvgIpc) is 1.82. The first kappa shape index (κ1) is 9.59. The van der Waals surface area contributed by atoms with Crippen LogP contribution in [0.15, 0.2) is 0 Å². The minimum Gasteiger partial charge on any atom is -0.359 e. The molecule has 0 fully saturated rings. The number of Topliss-reactive ketones (excluding diaryl/α,β-unsaturated/α-hetero) is 1. The van der Waals surface area contributed by atoms with Crippen LogP contribution in [0.3, 0.4) is 0 Å². The second kappa shape index (κ2) is 5.38. The van der Waals surface area contributed by atoms with Crippen LogP contribution in [-0.4, -0.2) is 25.8 Å². The Morgan fingerprint density at radius 1 is 1.60 bits per heavy atom. The Morgan fingerprint density at radius 2 is 2.20 bits per heavy atom. The SMILES string of the molecule is COCO[C@H](C)CC(C)=O. The Kier molecular flexibility index (Phi) is 5.16. The summed E-state index contributed by atoms with van der Waals surface area (Å²) in [6.45, 7) is 3.65. The monoisotopic (exact) mass is 146 g/mol. The van der Waals surface area contributed by atoms with Gasteiger partial charge < -0.3 is 9.47 Å². The van der Waals surface area contributed by atoms with Crippen molar-refractivity contribution in [2.45, 2.75) is 26.4 Å². The molecule has 0 unspecified atom stereocenters. The predicted molar refractivity (Wildman–Crippen MR) is 37.7 cm³/mol. The first-order valence-electron chi connectivity index (χ1n) is 3.26. The van der Waals surface area contributed by atoms with Crippen molar-refractivity contribution in [3.05, 3.63) is 0 Å². The highest BCUT2D eigenvalue weighted by atomic mass is 16.7. The van der Waals surface area contributed by atoms with Crippen molar-refractivity contribution in [1.82, 2.24) is 0 Å². The quantitative estimate of drug-likeness (QED) is 0.542. The maximum absolute atomic E-state index is 10.5. The number of ketones is 1. The predicted octanol–water partition coefficient (Wildman–Crippen LogP) is 0.975. The standard InChI is InChI=1S/C7H14O3/c1-6(8)4-7(2)10-5-9-3/h7H,4-5H2,1-3H3/t7-/m1/s1. The summed E-state index contributed by atoms with van der Waals surface area (Å²) in [6, 6.07) is 0. The lowest BCUT2D eigenvalue weighted by Gasteiger charge is -2.08. The molecule has 0 aliphatic rings. The normalized spacial score (nSPS) is 13.1. The van der Waals surface area contributed by atoms with Crippen LogP contribution in [0.2, 0.25) is 0 Å². The highest BCUT2D eigenvalue weighted by Gasteiger charge is 2.03. The van der Waals surface area contributed by atoms with Gasteiger partial charge in [-0.1, -0.05) is 0 Å². The molecule has 0 saturated heterocycles. The van der Waals surface area contributed by atoms with E-state index in [1.807, 2.05) is 6.92 Å². The van der Waals surface area contributed by atoms with E-state index in [1.165, 1.54) is 0 Å². The van der Waals surface area contributed by atoms with Crippen LogP contribution in [-0.2, 0) is 14.3 Å². The zero-order chi connectivity index (χ0) is 7.98. The molecular formula is C7H14O3. The summed E-state index contributed by atoms with van der Waals surface area (Å²) in [5.74, 6) is 0.142. The lowest BCUT2D eigenvalue weighted by molar-refractivity contribution is -0.122. The van der Waals surface area contributed by atoms with Gasteiger partial charge in [0.05, 0.1) is 6.10 Å². The van der Waals surface area contributed by atoms with Crippen molar-refractivity contribution in [2.24, 2.45) is 0 Å². The average molecular weight is 146 g/mol. The zero-order valence-corrected chi connectivity index (χ0v) is 6.72. The van der Waals surface area contributed by atoms with E-state index in [2.05, 4.69) is 4.74 Å². The summed E-state index contributed by atoms with van der Waals surface area (Å²) < 4.78 is 9.72. The number of ether oxygens (including phenoxy) is 2. The molecule has 0 rings (SSSR count). The number of hydrogen-bond acceptors (Lipinski definition) is 3. The molecule has 60 valence electrons. The van der Waals surface area contributed by atoms with Crippen LogP contribution < -0.4 is 0 Å². The van der Waals surface area contributed by atoms with Crippen LogP contribution in [0.25, 0.3) is 0 Å². The number of hydrogen-bond donors (Lipinski definition) is 0. The molecule has 0 amide bonds. The Bertz CT molecular complexity index is 101. The third-order valence-electron chi connectivity index (χ3n) is 1.05. The lowest BCUT2D eigenvalue weighted by atomic mass is 10.2. The van der Waals surface area contributed by atoms with E-state index in [9.17, 15) is 4.79 Å². The number of carbonyl (C=O) groups excluding carboxylic acids is 1. The van der Waals surface area contributed by atoms with Gasteiger partial charge >= 0.3 is 0 Å². The molecule has 0 heterocycles. The zero-order valence-electron chi connectivity index (χ0n) is 6.72. The molecule has 1 atom stereocenters. The van der Waals surface area contributed by atoms with E-state index in [1.54, 1.807) is 14.0 Å². The molecule has 0 aromatic rings. The third kappa shape index (κ3) is 5.72. The fourth-order valence-corrected chi connectivity index (χ4v) is 0.648. The van der Waals surface area contributed by atoms with E-state index in [0.717, 1.165) is 0 Å². The Labute approximate surface area is 61.3 Å². The fourth-order valence-electron chi connectivity index (χ4n) is 0.648. The van der Waals surface area contributed by atoms with Gasteiger partial charge in [-0.2, -0.15) is 0 Å². The summed E-state index contributed by atoms with van der Waals surface area (Å²) in [4.78, 5) is 10.5. The second-order valence-electron chi connectivity index (χ2n) is 2.29. The molecule has 0 N–H and O–H groups in total. The number of methoxy groups -OCH3 is 1. The van der Waals surface area contributed by atoms with Crippen molar-refractivity contribution in [3.8, 4) is 0 Å². The van der Waals surface area contributed by atoms with Gasteiger partial charge in [-0.15, -0.1) is 0 Å². The third-order valence-corrected chi connectivity index (χ3v) is 1.05. The summed E-state index contributed by atoms with van der Waals surface area (Å²) in [7, 11) is 1.56. The lowest BCUT2D eigenvalue weighted by Crippen LogP contribution is -2.13. The first-order valence-corrected chi connectivity index (χ1v) is 3.26. The molecule has 0 saturated carbocycles. The van der Waals surface area contributed by atoms with Crippen molar-refractivity contribution >= 4 is 5.78 Å². The summed E-state index contributed by atoms with van der Waals surface area (Å²) >= 11 is 0. The van der Waals surface area contributed by atoms with Gasteiger partial charge in [-0.3, -0.25) is 4.79 Å². The van der Waals surface area contributed by atoms with E-state index in [0.29, 0.717) is 6.42 Å². The summed E-state index contributed by atoms with van der Waals surface area (Å²) in [6.07, 6.45) is 0.432. The molecule has 0 aromatic carbocycles. The first-order chi connectivity index (χ1) is 4.66. The van der Waals surface area contributed by atoms with Crippen LogP contribution in [0.1, 0.15) is 20.3 Å². The molecule has 0 spiro atoms. The number of carbonyl (C=O) groups is 1. The molecule has 3 nitrogen and oxygen atoms in total. The molecule has 0 aliphatic heterocycles. The Balaban J connectivity index is 3.25. The van der Waals surface area contributed by atoms with Crippen LogP contribution >= 0.6 is 0 Å². The van der Waals surface area contributed by atoms with Crippen molar-refractivity contribution < 1.29 is 14.3 Å². The Morgan fingerprint density at radius 3 is 2.60 bits per heavy atom. The van der Waals surface area contributed by atoms with Crippen LogP contribution in [0, 0.1) is 0 Å². The van der Waals surface area contributed by atoms with E-state index in [-0.39, 0.29) is 18.7 Å². The fraction of sp³-hybridized carbons (Fsp3) is 0.857. The van der Waals surface area contributed by atoms with Gasteiger partial charge in [0.15, 0.2) is 0 Å². The molecule has 0 aromatic heterocycles. The molecule has 10 heavy (non-hydrogen) atoms. The van der Waals surface area contributed by atoms with Crippen molar-refractivity contribution in [1.29, 1.82) is 0 Å².